The van der Waals surface area contributed by atoms with Crippen molar-refractivity contribution >= 4 is 23.0 Å². The van der Waals surface area contributed by atoms with Gasteiger partial charge in [-0.15, -0.1) is 0 Å². The molecule has 0 amide bonds. The van der Waals surface area contributed by atoms with Crippen molar-refractivity contribution in [2.24, 2.45) is 0 Å². The van der Waals surface area contributed by atoms with Gasteiger partial charge in [0.1, 0.15) is 11.5 Å². The van der Waals surface area contributed by atoms with Crippen molar-refractivity contribution in [3.8, 4) is 5.75 Å². The van der Waals surface area contributed by atoms with Gasteiger partial charge in [0.2, 0.25) is 0 Å². The van der Waals surface area contributed by atoms with E-state index < -0.39 is 0 Å². The first kappa shape index (κ1) is 16.3. The highest BCUT2D eigenvalue weighted by molar-refractivity contribution is 7.80. The lowest BCUT2D eigenvalue weighted by Crippen LogP contribution is -2.36. The van der Waals surface area contributed by atoms with Gasteiger partial charge >= 0.3 is 0 Å². The number of hydrogen-bond donors (Lipinski definition) is 2. The fraction of sp³-hybridized carbons (Fsp3) is 0.312. The van der Waals surface area contributed by atoms with Gasteiger partial charge in [0.15, 0.2) is 5.11 Å². The van der Waals surface area contributed by atoms with Gasteiger partial charge in [0, 0.05) is 18.3 Å². The summed E-state index contributed by atoms with van der Waals surface area (Å²) in [4.78, 5) is 2.08. The van der Waals surface area contributed by atoms with Crippen LogP contribution in [0.4, 0.5) is 5.69 Å². The molecule has 0 radical (unpaired) electrons. The van der Waals surface area contributed by atoms with Crippen molar-refractivity contribution in [1.82, 2.24) is 10.2 Å². The highest BCUT2D eigenvalue weighted by Crippen LogP contribution is 2.18. The molecule has 0 fully saturated rings. The van der Waals surface area contributed by atoms with Crippen LogP contribution in [0.2, 0.25) is 0 Å². The second kappa shape index (κ2) is 7.82. The van der Waals surface area contributed by atoms with Crippen molar-refractivity contribution in [1.29, 1.82) is 0 Å². The molecule has 2 N–H and O–H groups in total. The molecule has 0 aliphatic carbocycles. The Kier molecular flexibility index (Phi) is 5.80. The molecule has 118 valence electrons. The number of likely N-dealkylation sites (N-methyl/N-ethyl adjacent to an activating group) is 1. The zero-order chi connectivity index (χ0) is 15.9. The molecule has 2 aromatic rings. The fourth-order valence-electron chi connectivity index (χ4n) is 2.08. The number of ether oxygens (including phenoxy) is 1. The molecule has 0 unspecified atom stereocenters. The van der Waals surface area contributed by atoms with Gasteiger partial charge in [-0.1, -0.05) is 6.07 Å². The summed E-state index contributed by atoms with van der Waals surface area (Å²) in [5, 5.41) is 6.93. The van der Waals surface area contributed by atoms with Gasteiger partial charge in [-0.3, -0.25) is 4.90 Å². The minimum absolute atomic E-state index is 0.111. The molecule has 1 aromatic heterocycles. The highest BCUT2D eigenvalue weighted by atomic mass is 32.1. The maximum Gasteiger partial charge on any atom is 0.170 e. The third-order valence-corrected chi connectivity index (χ3v) is 3.52. The van der Waals surface area contributed by atoms with Crippen LogP contribution >= 0.6 is 12.2 Å². The maximum absolute atomic E-state index is 5.48. The van der Waals surface area contributed by atoms with Gasteiger partial charge < -0.3 is 19.8 Å². The predicted octanol–water partition coefficient (Wildman–Crippen LogP) is 2.88. The topological polar surface area (TPSA) is 49.7 Å². The summed E-state index contributed by atoms with van der Waals surface area (Å²) in [7, 11) is 5.65. The third kappa shape index (κ3) is 4.47. The van der Waals surface area contributed by atoms with Gasteiger partial charge in [0.05, 0.1) is 19.4 Å². The van der Waals surface area contributed by atoms with Crippen LogP contribution in [0.15, 0.2) is 47.1 Å². The lowest BCUT2D eigenvalue weighted by atomic mass is 10.2. The Morgan fingerprint density at radius 3 is 2.77 bits per heavy atom. The molecule has 2 rings (SSSR count). The van der Waals surface area contributed by atoms with Gasteiger partial charge in [-0.2, -0.15) is 0 Å². The molecule has 1 aromatic carbocycles. The Hall–Kier alpha value is -2.05. The molecule has 6 heteroatoms. The average molecular weight is 319 g/mol. The first-order chi connectivity index (χ1) is 10.6. The summed E-state index contributed by atoms with van der Waals surface area (Å²) in [6.07, 6.45) is 1.68. The minimum Gasteiger partial charge on any atom is -0.497 e. The molecule has 0 aliphatic heterocycles. The van der Waals surface area contributed by atoms with E-state index in [9.17, 15) is 0 Å². The summed E-state index contributed by atoms with van der Waals surface area (Å²) in [5.74, 6) is 1.69. The van der Waals surface area contributed by atoms with Crippen molar-refractivity contribution in [2.75, 3.05) is 33.1 Å². The van der Waals surface area contributed by atoms with Crippen molar-refractivity contribution in [2.45, 2.75) is 6.04 Å². The number of nitrogens with zero attached hydrogens (tertiary/aromatic N) is 1. The number of benzene rings is 1. The average Bonchev–Trinajstić information content (AvgIpc) is 3.01. The molecule has 1 heterocycles. The molecule has 0 aliphatic rings. The van der Waals surface area contributed by atoms with Crippen molar-refractivity contribution in [3.05, 3.63) is 48.4 Å². The SMILES string of the molecule is COc1cccc(NC(=S)NC[C@@H](c2ccco2)N(C)C)c1. The third-order valence-electron chi connectivity index (χ3n) is 3.28. The van der Waals surface area contributed by atoms with Crippen LogP contribution in [0.25, 0.3) is 0 Å². The largest absolute Gasteiger partial charge is 0.497 e. The molecule has 5 nitrogen and oxygen atoms in total. The van der Waals surface area contributed by atoms with Crippen LogP contribution in [0.5, 0.6) is 5.75 Å². The second-order valence-electron chi connectivity index (χ2n) is 5.06. The van der Waals surface area contributed by atoms with E-state index in [2.05, 4.69) is 15.5 Å². The lowest BCUT2D eigenvalue weighted by molar-refractivity contribution is 0.259. The van der Waals surface area contributed by atoms with Crippen molar-refractivity contribution < 1.29 is 9.15 Å². The van der Waals surface area contributed by atoms with Crippen LogP contribution in [-0.2, 0) is 0 Å². The zero-order valence-electron chi connectivity index (χ0n) is 13.0. The fourth-order valence-corrected chi connectivity index (χ4v) is 2.29. The van der Waals surface area contributed by atoms with E-state index in [0.29, 0.717) is 11.7 Å². The molecule has 0 spiro atoms. The normalized spacial score (nSPS) is 12.0. The van der Waals surface area contributed by atoms with Crippen LogP contribution in [0.1, 0.15) is 11.8 Å². The summed E-state index contributed by atoms with van der Waals surface area (Å²) in [6, 6.07) is 11.6. The number of furan rings is 1. The van der Waals surface area contributed by atoms with Crippen LogP contribution in [-0.4, -0.2) is 37.8 Å². The standard InChI is InChI=1S/C16H21N3O2S/c1-19(2)14(15-8-5-9-21-15)11-17-16(22)18-12-6-4-7-13(10-12)20-3/h4-10,14H,11H2,1-3H3,(H2,17,18,22)/t14-/m0/s1. The summed E-state index contributed by atoms with van der Waals surface area (Å²) in [5.41, 5.74) is 0.885. The van der Waals surface area contributed by atoms with E-state index in [1.165, 1.54) is 0 Å². The smallest absolute Gasteiger partial charge is 0.170 e. The second-order valence-corrected chi connectivity index (χ2v) is 5.47. The van der Waals surface area contributed by atoms with Gasteiger partial charge in [0.25, 0.3) is 0 Å². The Balaban J connectivity index is 1.91. The molecule has 22 heavy (non-hydrogen) atoms. The molecule has 0 bridgehead atoms. The number of methoxy groups -OCH3 is 1. The van der Waals surface area contributed by atoms with Gasteiger partial charge in [-0.25, -0.2) is 0 Å². The number of thiocarbonyl (C=S) groups is 1. The number of anilines is 1. The highest BCUT2D eigenvalue weighted by Gasteiger charge is 2.16. The zero-order valence-corrected chi connectivity index (χ0v) is 13.8. The molecule has 1 atom stereocenters. The van der Waals surface area contributed by atoms with E-state index in [-0.39, 0.29) is 6.04 Å². The number of nitrogens with one attached hydrogen (secondary N) is 2. The summed E-state index contributed by atoms with van der Waals surface area (Å²) >= 11 is 5.34. The lowest BCUT2D eigenvalue weighted by Gasteiger charge is -2.23. The Bertz CT molecular complexity index is 599. The Labute approximate surface area is 136 Å². The minimum atomic E-state index is 0.111. The van der Waals surface area contributed by atoms with E-state index in [0.717, 1.165) is 17.2 Å². The molecule has 0 saturated heterocycles. The Morgan fingerprint density at radius 1 is 1.32 bits per heavy atom. The summed E-state index contributed by atoms with van der Waals surface area (Å²) < 4.78 is 10.7. The monoisotopic (exact) mass is 319 g/mol. The van der Waals surface area contributed by atoms with Crippen LogP contribution < -0.4 is 15.4 Å². The van der Waals surface area contributed by atoms with Crippen LogP contribution in [0, 0.1) is 0 Å². The quantitative estimate of drug-likeness (QED) is 0.799. The first-order valence-electron chi connectivity index (χ1n) is 6.99. The van der Waals surface area contributed by atoms with E-state index in [1.807, 2.05) is 50.5 Å². The summed E-state index contributed by atoms with van der Waals surface area (Å²) in [6.45, 7) is 0.649. The van der Waals surface area contributed by atoms with E-state index >= 15 is 0 Å². The first-order valence-corrected chi connectivity index (χ1v) is 7.39. The number of hydrogen-bond acceptors (Lipinski definition) is 4. The predicted molar refractivity (Wildman–Crippen MR) is 92.4 cm³/mol. The van der Waals surface area contributed by atoms with E-state index in [4.69, 9.17) is 21.4 Å². The molecule has 0 saturated carbocycles. The maximum atomic E-state index is 5.48. The van der Waals surface area contributed by atoms with Crippen molar-refractivity contribution in [3.63, 3.8) is 0 Å². The molecular formula is C16H21N3O2S. The Morgan fingerprint density at radius 2 is 2.14 bits per heavy atom. The van der Waals surface area contributed by atoms with E-state index in [1.54, 1.807) is 13.4 Å². The van der Waals surface area contributed by atoms with Gasteiger partial charge in [-0.05, 0) is 50.6 Å². The number of rotatable bonds is 6. The molecular weight excluding hydrogens is 298 g/mol. The van der Waals surface area contributed by atoms with Crippen LogP contribution in [0.3, 0.4) is 0 Å².